The SMILES string of the molecule is CCC(N)(CC)CNC(=O)CCNC(=O)CC(C)C.Cl. The second kappa shape index (κ2) is 10.9. The molecule has 0 saturated carbocycles. The molecule has 5 nitrogen and oxygen atoms in total. The van der Waals surface area contributed by atoms with Crippen molar-refractivity contribution in [2.45, 2.75) is 58.9 Å². The van der Waals surface area contributed by atoms with Crippen molar-refractivity contribution in [3.8, 4) is 0 Å². The molecule has 6 heteroatoms. The van der Waals surface area contributed by atoms with Gasteiger partial charge in [0, 0.05) is 31.5 Å². The molecule has 0 spiro atoms. The first kappa shape index (κ1) is 21.5. The van der Waals surface area contributed by atoms with E-state index in [1.165, 1.54) is 0 Å². The molecule has 0 aliphatic carbocycles. The monoisotopic (exact) mass is 307 g/mol. The summed E-state index contributed by atoms with van der Waals surface area (Å²) in [5.74, 6) is 0.264. The Bertz CT molecular complexity index is 292. The van der Waals surface area contributed by atoms with Crippen LogP contribution in [0.25, 0.3) is 0 Å². The molecule has 20 heavy (non-hydrogen) atoms. The number of hydrogen-bond acceptors (Lipinski definition) is 3. The molecule has 2 amide bonds. The Labute approximate surface area is 128 Å². The van der Waals surface area contributed by atoms with Crippen LogP contribution in [0.2, 0.25) is 0 Å². The Hall–Kier alpha value is -0.810. The lowest BCUT2D eigenvalue weighted by atomic mass is 9.94. The smallest absolute Gasteiger partial charge is 0.221 e. The summed E-state index contributed by atoms with van der Waals surface area (Å²) in [6.07, 6.45) is 2.45. The lowest BCUT2D eigenvalue weighted by Gasteiger charge is -2.26. The van der Waals surface area contributed by atoms with Crippen molar-refractivity contribution in [2.75, 3.05) is 13.1 Å². The molecule has 0 aliphatic rings. The van der Waals surface area contributed by atoms with Crippen molar-refractivity contribution in [1.82, 2.24) is 10.6 Å². The fraction of sp³-hybridized carbons (Fsp3) is 0.857. The van der Waals surface area contributed by atoms with Gasteiger partial charge in [-0.2, -0.15) is 0 Å². The zero-order valence-corrected chi connectivity index (χ0v) is 13.9. The maximum atomic E-state index is 11.6. The van der Waals surface area contributed by atoms with E-state index in [-0.39, 0.29) is 29.8 Å². The number of carbonyl (C=O) groups excluding carboxylic acids is 2. The summed E-state index contributed by atoms with van der Waals surface area (Å²) in [4.78, 5) is 23.0. The number of hydrogen-bond donors (Lipinski definition) is 3. The van der Waals surface area contributed by atoms with Gasteiger partial charge in [-0.05, 0) is 18.8 Å². The minimum atomic E-state index is -0.323. The molecular weight excluding hydrogens is 278 g/mol. The summed E-state index contributed by atoms with van der Waals surface area (Å²) in [6, 6.07) is 0. The van der Waals surface area contributed by atoms with Crippen LogP contribution < -0.4 is 16.4 Å². The molecular formula is C14H30ClN3O2. The summed E-state index contributed by atoms with van der Waals surface area (Å²) >= 11 is 0. The Morgan fingerprint density at radius 3 is 2.10 bits per heavy atom. The van der Waals surface area contributed by atoms with Crippen LogP contribution in [0, 0.1) is 5.92 Å². The van der Waals surface area contributed by atoms with Crippen LogP contribution >= 0.6 is 12.4 Å². The molecule has 4 N–H and O–H groups in total. The molecule has 0 aromatic rings. The van der Waals surface area contributed by atoms with Gasteiger partial charge < -0.3 is 16.4 Å². The third-order valence-electron chi connectivity index (χ3n) is 3.31. The summed E-state index contributed by atoms with van der Waals surface area (Å²) in [5.41, 5.74) is 5.77. The summed E-state index contributed by atoms with van der Waals surface area (Å²) < 4.78 is 0. The van der Waals surface area contributed by atoms with Gasteiger partial charge in [0.05, 0.1) is 0 Å². The van der Waals surface area contributed by atoms with Crippen molar-refractivity contribution >= 4 is 24.2 Å². The van der Waals surface area contributed by atoms with Crippen molar-refractivity contribution in [3.63, 3.8) is 0 Å². The third-order valence-corrected chi connectivity index (χ3v) is 3.31. The van der Waals surface area contributed by atoms with Gasteiger partial charge in [0.15, 0.2) is 0 Å². The maximum Gasteiger partial charge on any atom is 0.221 e. The first-order chi connectivity index (χ1) is 8.83. The third kappa shape index (κ3) is 10.0. The number of nitrogens with one attached hydrogen (secondary N) is 2. The highest BCUT2D eigenvalue weighted by Gasteiger charge is 2.20. The average molecular weight is 308 g/mol. The minimum absolute atomic E-state index is 0. The van der Waals surface area contributed by atoms with E-state index in [1.807, 2.05) is 27.7 Å². The first-order valence-corrected chi connectivity index (χ1v) is 7.15. The highest BCUT2D eigenvalue weighted by molar-refractivity contribution is 5.85. The highest BCUT2D eigenvalue weighted by atomic mass is 35.5. The predicted molar refractivity (Wildman–Crippen MR) is 84.8 cm³/mol. The zero-order chi connectivity index (χ0) is 14.9. The van der Waals surface area contributed by atoms with Crippen molar-refractivity contribution in [2.24, 2.45) is 11.7 Å². The Morgan fingerprint density at radius 2 is 1.65 bits per heavy atom. The number of carbonyl (C=O) groups is 2. The molecule has 0 unspecified atom stereocenters. The summed E-state index contributed by atoms with van der Waals surface area (Å²) in [7, 11) is 0. The second-order valence-corrected chi connectivity index (χ2v) is 5.54. The normalized spacial score (nSPS) is 10.9. The average Bonchev–Trinajstić information content (AvgIpc) is 2.35. The summed E-state index contributed by atoms with van der Waals surface area (Å²) in [6.45, 7) is 8.88. The minimum Gasteiger partial charge on any atom is -0.356 e. The van der Waals surface area contributed by atoms with Gasteiger partial charge in [0.25, 0.3) is 0 Å². The number of halogens is 1. The van der Waals surface area contributed by atoms with E-state index >= 15 is 0 Å². The van der Waals surface area contributed by atoms with E-state index < -0.39 is 0 Å². The molecule has 0 aromatic heterocycles. The quantitative estimate of drug-likeness (QED) is 0.605. The molecule has 0 heterocycles. The van der Waals surface area contributed by atoms with Crippen LogP contribution in [-0.4, -0.2) is 30.4 Å². The molecule has 0 atom stereocenters. The Kier molecular flexibility index (Phi) is 11.7. The molecule has 0 rings (SSSR count). The molecule has 0 aliphatic heterocycles. The lowest BCUT2D eigenvalue weighted by Crippen LogP contribution is -2.49. The van der Waals surface area contributed by atoms with Gasteiger partial charge in [-0.15, -0.1) is 12.4 Å². The molecule has 0 aromatic carbocycles. The van der Waals surface area contributed by atoms with Gasteiger partial charge in [-0.3, -0.25) is 9.59 Å². The molecule has 0 radical (unpaired) electrons. The van der Waals surface area contributed by atoms with Crippen molar-refractivity contribution < 1.29 is 9.59 Å². The van der Waals surface area contributed by atoms with E-state index in [0.29, 0.717) is 31.8 Å². The van der Waals surface area contributed by atoms with Gasteiger partial charge in [0.2, 0.25) is 11.8 Å². The van der Waals surface area contributed by atoms with Crippen molar-refractivity contribution in [3.05, 3.63) is 0 Å². The molecule has 120 valence electrons. The number of rotatable bonds is 9. The largest absolute Gasteiger partial charge is 0.356 e. The van der Waals surface area contributed by atoms with E-state index in [1.54, 1.807) is 0 Å². The van der Waals surface area contributed by atoms with Crippen LogP contribution in [0.4, 0.5) is 0 Å². The zero-order valence-electron chi connectivity index (χ0n) is 13.1. The van der Waals surface area contributed by atoms with Gasteiger partial charge >= 0.3 is 0 Å². The second-order valence-electron chi connectivity index (χ2n) is 5.54. The van der Waals surface area contributed by atoms with E-state index in [2.05, 4.69) is 10.6 Å². The predicted octanol–water partition coefficient (Wildman–Crippen LogP) is 1.59. The standard InChI is InChI=1S/C14H29N3O2.ClH/c1-5-14(15,6-2)10-17-12(18)7-8-16-13(19)9-11(3)4;/h11H,5-10,15H2,1-4H3,(H,16,19)(H,17,18);1H. The highest BCUT2D eigenvalue weighted by Crippen LogP contribution is 2.09. The number of nitrogens with two attached hydrogens (primary N) is 1. The number of amides is 2. The van der Waals surface area contributed by atoms with Gasteiger partial charge in [-0.25, -0.2) is 0 Å². The summed E-state index contributed by atoms with van der Waals surface area (Å²) in [5, 5.41) is 5.56. The van der Waals surface area contributed by atoms with Crippen LogP contribution in [0.15, 0.2) is 0 Å². The van der Waals surface area contributed by atoms with Gasteiger partial charge in [0.1, 0.15) is 0 Å². The Morgan fingerprint density at radius 1 is 1.10 bits per heavy atom. The lowest BCUT2D eigenvalue weighted by molar-refractivity contribution is -0.122. The van der Waals surface area contributed by atoms with E-state index in [4.69, 9.17) is 5.73 Å². The van der Waals surface area contributed by atoms with Gasteiger partial charge in [-0.1, -0.05) is 27.7 Å². The first-order valence-electron chi connectivity index (χ1n) is 7.15. The van der Waals surface area contributed by atoms with E-state index in [9.17, 15) is 9.59 Å². The fourth-order valence-corrected chi connectivity index (χ4v) is 1.62. The van der Waals surface area contributed by atoms with Crippen LogP contribution in [0.5, 0.6) is 0 Å². The van der Waals surface area contributed by atoms with Crippen LogP contribution in [0.1, 0.15) is 53.4 Å². The topological polar surface area (TPSA) is 84.2 Å². The Balaban J connectivity index is 0. The molecule has 0 bridgehead atoms. The van der Waals surface area contributed by atoms with Crippen LogP contribution in [0.3, 0.4) is 0 Å². The molecule has 0 saturated heterocycles. The van der Waals surface area contributed by atoms with Crippen LogP contribution in [-0.2, 0) is 9.59 Å². The maximum absolute atomic E-state index is 11.6. The van der Waals surface area contributed by atoms with Crippen molar-refractivity contribution in [1.29, 1.82) is 0 Å². The fourth-order valence-electron chi connectivity index (χ4n) is 1.62. The molecule has 0 fully saturated rings. The van der Waals surface area contributed by atoms with E-state index in [0.717, 1.165) is 12.8 Å².